The predicted octanol–water partition coefficient (Wildman–Crippen LogP) is 5.05. The van der Waals surface area contributed by atoms with Gasteiger partial charge in [0.25, 0.3) is 0 Å². The zero-order chi connectivity index (χ0) is 11.4. The molecule has 0 spiro atoms. The molecule has 0 radical (unpaired) electrons. The first-order chi connectivity index (χ1) is 6.25. The van der Waals surface area contributed by atoms with Crippen LogP contribution in [0.3, 0.4) is 0 Å². The fraction of sp³-hybridized carbons (Fsp3) is 0.857. The highest BCUT2D eigenvalue weighted by molar-refractivity contribution is 4.99. The Morgan fingerprint density at radius 3 is 1.86 bits per heavy atom. The van der Waals surface area contributed by atoms with Crippen LogP contribution in [0.1, 0.15) is 61.3 Å². The van der Waals surface area contributed by atoms with Crippen LogP contribution in [0.4, 0.5) is 0 Å². The van der Waals surface area contributed by atoms with Gasteiger partial charge in [-0.1, -0.05) is 67.0 Å². The van der Waals surface area contributed by atoms with Crippen molar-refractivity contribution in [2.24, 2.45) is 16.7 Å². The molecule has 0 rings (SSSR count). The molecule has 14 heavy (non-hydrogen) atoms. The molecule has 0 nitrogen and oxygen atoms in total. The van der Waals surface area contributed by atoms with Crippen molar-refractivity contribution in [3.63, 3.8) is 0 Å². The van der Waals surface area contributed by atoms with Gasteiger partial charge >= 0.3 is 0 Å². The Morgan fingerprint density at radius 2 is 1.50 bits per heavy atom. The summed E-state index contributed by atoms with van der Waals surface area (Å²) in [5.41, 5.74) is 0.790. The van der Waals surface area contributed by atoms with Crippen molar-refractivity contribution in [2.45, 2.75) is 61.3 Å². The second kappa shape index (κ2) is 5.00. The third kappa shape index (κ3) is 4.30. The van der Waals surface area contributed by atoms with Gasteiger partial charge in [0, 0.05) is 0 Å². The van der Waals surface area contributed by atoms with Crippen LogP contribution in [0.25, 0.3) is 0 Å². The van der Waals surface area contributed by atoms with Crippen LogP contribution in [0, 0.1) is 16.7 Å². The second-order valence-corrected chi connectivity index (χ2v) is 5.83. The van der Waals surface area contributed by atoms with Crippen molar-refractivity contribution >= 4 is 0 Å². The Balaban J connectivity index is 4.39. The Bertz CT molecular complexity index is 184. The van der Waals surface area contributed by atoms with E-state index in [2.05, 4.69) is 60.6 Å². The number of hydrogen-bond acceptors (Lipinski definition) is 0. The van der Waals surface area contributed by atoms with Gasteiger partial charge in [0.15, 0.2) is 0 Å². The summed E-state index contributed by atoms with van der Waals surface area (Å²) in [5, 5.41) is 0. The highest BCUT2D eigenvalue weighted by Gasteiger charge is 2.22. The molecular weight excluding hydrogens is 168 g/mol. The van der Waals surface area contributed by atoms with E-state index in [1.54, 1.807) is 0 Å². The fourth-order valence-electron chi connectivity index (χ4n) is 1.11. The Morgan fingerprint density at radius 1 is 1.00 bits per heavy atom. The average Bonchev–Trinajstić information content (AvgIpc) is 2.14. The lowest BCUT2D eigenvalue weighted by molar-refractivity contribution is 0.264. The zero-order valence-corrected chi connectivity index (χ0v) is 11.1. The number of hydrogen-bond donors (Lipinski definition) is 0. The lowest BCUT2D eigenvalue weighted by atomic mass is 9.76. The monoisotopic (exact) mass is 196 g/mol. The molecular formula is C14H28. The summed E-state index contributed by atoms with van der Waals surface area (Å²) < 4.78 is 0. The van der Waals surface area contributed by atoms with Gasteiger partial charge in [-0.15, -0.1) is 0 Å². The molecule has 0 saturated carbocycles. The Labute approximate surface area is 90.8 Å². The highest BCUT2D eigenvalue weighted by atomic mass is 14.3. The van der Waals surface area contributed by atoms with Crippen LogP contribution in [0.5, 0.6) is 0 Å². The summed E-state index contributed by atoms with van der Waals surface area (Å²) in [6, 6.07) is 0. The predicted molar refractivity (Wildman–Crippen MR) is 66.4 cm³/mol. The molecule has 1 unspecified atom stereocenters. The molecule has 0 N–H and O–H groups in total. The molecule has 0 aromatic heterocycles. The van der Waals surface area contributed by atoms with Crippen molar-refractivity contribution in [2.75, 3.05) is 0 Å². The first kappa shape index (κ1) is 13.7. The molecule has 0 aromatic carbocycles. The van der Waals surface area contributed by atoms with Gasteiger partial charge in [0.2, 0.25) is 0 Å². The Hall–Kier alpha value is -0.260. The topological polar surface area (TPSA) is 0 Å². The molecule has 0 aromatic rings. The molecule has 0 saturated heterocycles. The maximum absolute atomic E-state index is 2.40. The van der Waals surface area contributed by atoms with Gasteiger partial charge < -0.3 is 0 Å². The molecule has 0 bridgehead atoms. The summed E-state index contributed by atoms with van der Waals surface area (Å²) in [7, 11) is 0. The summed E-state index contributed by atoms with van der Waals surface area (Å²) in [4.78, 5) is 0. The SMILES string of the molecule is CCC(C)(C)C=CC(C)C(C)(C)CC. The largest absolute Gasteiger partial charge is 0.0846 e. The van der Waals surface area contributed by atoms with E-state index in [1.807, 2.05) is 0 Å². The summed E-state index contributed by atoms with van der Waals surface area (Å²) in [5.74, 6) is 0.665. The minimum absolute atomic E-state index is 0.359. The van der Waals surface area contributed by atoms with Crippen molar-refractivity contribution < 1.29 is 0 Å². The quantitative estimate of drug-likeness (QED) is 0.540. The van der Waals surface area contributed by atoms with Crippen molar-refractivity contribution in [1.29, 1.82) is 0 Å². The van der Waals surface area contributed by atoms with E-state index in [0.29, 0.717) is 16.7 Å². The molecule has 0 heterocycles. The van der Waals surface area contributed by atoms with Crippen LogP contribution in [-0.2, 0) is 0 Å². The van der Waals surface area contributed by atoms with Gasteiger partial charge in [0.1, 0.15) is 0 Å². The van der Waals surface area contributed by atoms with Gasteiger partial charge in [-0.3, -0.25) is 0 Å². The van der Waals surface area contributed by atoms with E-state index in [0.717, 1.165) is 0 Å². The van der Waals surface area contributed by atoms with Crippen molar-refractivity contribution in [3.05, 3.63) is 12.2 Å². The smallest absolute Gasteiger partial charge is 0.0177 e. The van der Waals surface area contributed by atoms with E-state index in [4.69, 9.17) is 0 Å². The van der Waals surface area contributed by atoms with E-state index < -0.39 is 0 Å². The van der Waals surface area contributed by atoms with Gasteiger partial charge in [-0.25, -0.2) is 0 Å². The molecule has 0 aliphatic heterocycles. The minimum Gasteiger partial charge on any atom is -0.0846 e. The molecule has 0 aliphatic rings. The van der Waals surface area contributed by atoms with Gasteiger partial charge in [-0.05, 0) is 23.2 Å². The number of rotatable bonds is 5. The lowest BCUT2D eigenvalue weighted by Crippen LogP contribution is -2.19. The zero-order valence-electron chi connectivity index (χ0n) is 11.1. The van der Waals surface area contributed by atoms with E-state index in [1.165, 1.54) is 12.8 Å². The van der Waals surface area contributed by atoms with E-state index >= 15 is 0 Å². The van der Waals surface area contributed by atoms with E-state index in [-0.39, 0.29) is 0 Å². The normalized spacial score (nSPS) is 16.2. The lowest BCUT2D eigenvalue weighted by Gasteiger charge is -2.29. The van der Waals surface area contributed by atoms with Gasteiger partial charge in [0.05, 0.1) is 0 Å². The van der Waals surface area contributed by atoms with Crippen molar-refractivity contribution in [1.82, 2.24) is 0 Å². The second-order valence-electron chi connectivity index (χ2n) is 5.83. The maximum Gasteiger partial charge on any atom is -0.0177 e. The highest BCUT2D eigenvalue weighted by Crippen LogP contribution is 2.32. The van der Waals surface area contributed by atoms with Crippen molar-refractivity contribution in [3.8, 4) is 0 Å². The molecule has 0 aliphatic carbocycles. The van der Waals surface area contributed by atoms with Crippen LogP contribution in [0.15, 0.2) is 12.2 Å². The van der Waals surface area contributed by atoms with Gasteiger partial charge in [-0.2, -0.15) is 0 Å². The van der Waals surface area contributed by atoms with Crippen LogP contribution < -0.4 is 0 Å². The summed E-state index contributed by atoms with van der Waals surface area (Å²) in [6.45, 7) is 16.1. The summed E-state index contributed by atoms with van der Waals surface area (Å²) >= 11 is 0. The molecule has 1 atom stereocenters. The molecule has 84 valence electrons. The summed E-state index contributed by atoms with van der Waals surface area (Å²) in [6.07, 6.45) is 7.23. The van der Waals surface area contributed by atoms with Crippen LogP contribution in [0.2, 0.25) is 0 Å². The van der Waals surface area contributed by atoms with Crippen LogP contribution in [-0.4, -0.2) is 0 Å². The molecule has 0 fully saturated rings. The minimum atomic E-state index is 0.359. The number of allylic oxidation sites excluding steroid dienone is 2. The van der Waals surface area contributed by atoms with E-state index in [9.17, 15) is 0 Å². The first-order valence-corrected chi connectivity index (χ1v) is 5.94. The molecule has 0 amide bonds. The Kier molecular flexibility index (Phi) is 4.91. The maximum atomic E-state index is 2.40. The average molecular weight is 196 g/mol. The first-order valence-electron chi connectivity index (χ1n) is 5.94. The van der Waals surface area contributed by atoms with Crippen LogP contribution >= 0.6 is 0 Å². The third-order valence-corrected chi connectivity index (χ3v) is 3.89. The standard InChI is InChI=1S/C14H28/c1-8-13(4,5)11-10-12(3)14(6,7)9-2/h10-12H,8-9H2,1-7H3. The third-order valence-electron chi connectivity index (χ3n) is 3.89. The fourth-order valence-corrected chi connectivity index (χ4v) is 1.11. The molecule has 0 heteroatoms.